The normalized spacial score (nSPS) is 14.8. The molecule has 88 heavy (non-hydrogen) atoms. The molecule has 0 aliphatic rings. The molecule has 0 aliphatic carbocycles. The molecule has 17 nitrogen and oxygen atoms in total. The van der Waals surface area contributed by atoms with E-state index in [-0.39, 0.29) is 25.7 Å². The lowest BCUT2D eigenvalue weighted by Gasteiger charge is -2.21. The predicted molar refractivity (Wildman–Crippen MR) is 354 cm³/mol. The number of hydrogen-bond donors (Lipinski definition) is 3. The minimum absolute atomic E-state index is 0.105. The average Bonchev–Trinajstić information content (AvgIpc) is 3.47. The molecule has 19 heteroatoms. The molecule has 0 aromatic rings. The van der Waals surface area contributed by atoms with E-state index in [1.54, 1.807) is 0 Å². The van der Waals surface area contributed by atoms with Crippen LogP contribution in [-0.2, 0) is 65.4 Å². The van der Waals surface area contributed by atoms with Crippen molar-refractivity contribution < 1.29 is 80.2 Å². The van der Waals surface area contributed by atoms with Crippen LogP contribution in [-0.4, -0.2) is 96.7 Å². The van der Waals surface area contributed by atoms with Crippen molar-refractivity contribution in [1.82, 2.24) is 0 Å². The molecule has 0 radical (unpaired) electrons. The molecule has 0 amide bonds. The highest BCUT2D eigenvalue weighted by Gasteiger charge is 2.30. The summed E-state index contributed by atoms with van der Waals surface area (Å²) in [6.45, 7) is 9.54. The monoisotopic (exact) mass is 1300 g/mol. The summed E-state index contributed by atoms with van der Waals surface area (Å²) in [6, 6.07) is 0. The lowest BCUT2D eigenvalue weighted by molar-refractivity contribution is -0.161. The largest absolute Gasteiger partial charge is 0.472 e. The quantitative estimate of drug-likeness (QED) is 0.0222. The van der Waals surface area contributed by atoms with Crippen LogP contribution in [0.2, 0.25) is 0 Å². The molecule has 0 rings (SSSR count). The molecule has 4 unspecified atom stereocenters. The van der Waals surface area contributed by atoms with Gasteiger partial charge in [-0.25, -0.2) is 9.13 Å². The molecular weight excluding hydrogens is 1160 g/mol. The van der Waals surface area contributed by atoms with Crippen molar-refractivity contribution in [2.75, 3.05) is 39.6 Å². The van der Waals surface area contributed by atoms with Crippen LogP contribution in [0.3, 0.4) is 0 Å². The first-order chi connectivity index (χ1) is 42.4. The first-order valence-corrected chi connectivity index (χ1v) is 39.1. The first-order valence-electron chi connectivity index (χ1n) is 36.1. The molecule has 0 aliphatic heterocycles. The van der Waals surface area contributed by atoms with Crippen molar-refractivity contribution >= 4 is 39.5 Å². The number of esters is 4. The zero-order valence-corrected chi connectivity index (χ0v) is 58.8. The standard InChI is InChI=1S/C69H134O17P2/c1-7-11-13-15-17-19-20-21-22-23-27-34-40-46-52-67(72)80-58-65(85-68(73)53-47-41-35-28-25-24-26-31-37-43-49-61(5)9-3)60-84-88(77,78)82-56-63(70)55-81-87(75,76)83-59-64(57-79-66(71)51-45-39-33-18-16-14-12-8-2)86-69(74)54-48-42-36-30-29-32-38-44-50-62(6)10-4/h61-65,70H,7-60H2,1-6H3,(H,75,76)(H,77,78)/t61?,62?,63-,64+,65+/m0/s1. The maximum Gasteiger partial charge on any atom is 0.472 e. The molecule has 7 atom stereocenters. The minimum atomic E-state index is -4.95. The fourth-order valence-corrected chi connectivity index (χ4v) is 11.9. The lowest BCUT2D eigenvalue weighted by atomic mass is 9.99. The average molecular weight is 1300 g/mol. The molecule has 0 heterocycles. The molecule has 0 aromatic carbocycles. The Hall–Kier alpha value is -1.94. The summed E-state index contributed by atoms with van der Waals surface area (Å²) in [5.74, 6) is -0.555. The third-order valence-electron chi connectivity index (χ3n) is 16.7. The van der Waals surface area contributed by atoms with Crippen LogP contribution in [0.15, 0.2) is 0 Å². The summed E-state index contributed by atoms with van der Waals surface area (Å²) in [4.78, 5) is 72.4. The van der Waals surface area contributed by atoms with Crippen LogP contribution in [0.4, 0.5) is 0 Å². The molecular formula is C69H134O17P2. The van der Waals surface area contributed by atoms with E-state index in [0.29, 0.717) is 25.7 Å². The van der Waals surface area contributed by atoms with Crippen molar-refractivity contribution in [3.8, 4) is 0 Å². The Kier molecular flexibility index (Phi) is 59.9. The number of unbranched alkanes of at least 4 members (excludes halogenated alkanes) is 36. The Balaban J connectivity index is 5.24. The number of aliphatic hydroxyl groups is 1. The van der Waals surface area contributed by atoms with Crippen LogP contribution in [0, 0.1) is 11.8 Å². The van der Waals surface area contributed by atoms with Crippen LogP contribution >= 0.6 is 15.6 Å². The summed E-state index contributed by atoms with van der Waals surface area (Å²) in [5.41, 5.74) is 0. The van der Waals surface area contributed by atoms with Gasteiger partial charge in [-0.2, -0.15) is 0 Å². The van der Waals surface area contributed by atoms with Crippen molar-refractivity contribution in [2.45, 2.75) is 368 Å². The van der Waals surface area contributed by atoms with Crippen LogP contribution in [0.25, 0.3) is 0 Å². The van der Waals surface area contributed by atoms with Gasteiger partial charge in [0.05, 0.1) is 26.4 Å². The van der Waals surface area contributed by atoms with Crippen molar-refractivity contribution in [3.05, 3.63) is 0 Å². The Morgan fingerprint density at radius 3 is 0.807 bits per heavy atom. The maximum atomic E-state index is 13.0. The van der Waals surface area contributed by atoms with Gasteiger partial charge < -0.3 is 33.8 Å². The Morgan fingerprint density at radius 2 is 0.545 bits per heavy atom. The zero-order chi connectivity index (χ0) is 65.0. The van der Waals surface area contributed by atoms with E-state index < -0.39 is 97.5 Å². The topological polar surface area (TPSA) is 237 Å². The lowest BCUT2D eigenvalue weighted by Crippen LogP contribution is -2.30. The number of aliphatic hydroxyl groups excluding tert-OH is 1. The van der Waals surface area contributed by atoms with E-state index in [0.717, 1.165) is 108 Å². The van der Waals surface area contributed by atoms with Gasteiger partial charge in [-0.15, -0.1) is 0 Å². The van der Waals surface area contributed by atoms with Crippen molar-refractivity contribution in [2.24, 2.45) is 11.8 Å². The van der Waals surface area contributed by atoms with Gasteiger partial charge in [0.2, 0.25) is 0 Å². The van der Waals surface area contributed by atoms with Crippen molar-refractivity contribution in [3.63, 3.8) is 0 Å². The van der Waals surface area contributed by atoms with Gasteiger partial charge in [0.25, 0.3) is 0 Å². The van der Waals surface area contributed by atoms with Gasteiger partial charge in [-0.1, -0.05) is 298 Å². The van der Waals surface area contributed by atoms with Gasteiger partial charge in [-0.3, -0.25) is 37.3 Å². The number of carbonyl (C=O) groups is 4. The molecule has 0 spiro atoms. The SMILES string of the molecule is CCCCCCCCCCCCCCCCC(=O)OC[C@H](COP(=O)(O)OC[C@@H](O)COP(=O)(O)OC[C@@H](COC(=O)CCCCCCCCCC)OC(=O)CCCCCCCCCCC(C)CC)OC(=O)CCCCCCCCCCCCC(C)CC. The fourth-order valence-electron chi connectivity index (χ4n) is 10.4. The van der Waals surface area contributed by atoms with E-state index in [1.165, 1.54) is 161 Å². The van der Waals surface area contributed by atoms with Crippen LogP contribution in [0.5, 0.6) is 0 Å². The van der Waals surface area contributed by atoms with E-state index in [1.807, 2.05) is 0 Å². The molecule has 0 bridgehead atoms. The second kappa shape index (κ2) is 61.3. The number of phosphoric acid groups is 2. The molecule has 3 N–H and O–H groups in total. The van der Waals surface area contributed by atoms with Gasteiger partial charge in [0, 0.05) is 25.7 Å². The van der Waals surface area contributed by atoms with Gasteiger partial charge in [0.1, 0.15) is 19.3 Å². The van der Waals surface area contributed by atoms with Gasteiger partial charge in [0.15, 0.2) is 12.2 Å². The highest BCUT2D eigenvalue weighted by molar-refractivity contribution is 7.47. The number of ether oxygens (including phenoxy) is 4. The Morgan fingerprint density at radius 1 is 0.318 bits per heavy atom. The highest BCUT2D eigenvalue weighted by Crippen LogP contribution is 2.45. The third kappa shape index (κ3) is 60.3. The van der Waals surface area contributed by atoms with E-state index >= 15 is 0 Å². The molecule has 0 saturated carbocycles. The smallest absolute Gasteiger partial charge is 0.462 e. The summed E-state index contributed by atoms with van der Waals surface area (Å²) in [5, 5.41) is 10.6. The molecule has 0 aromatic heterocycles. The number of carbonyl (C=O) groups excluding carboxylic acids is 4. The molecule has 0 fully saturated rings. The van der Waals surface area contributed by atoms with Crippen LogP contribution < -0.4 is 0 Å². The third-order valence-corrected chi connectivity index (χ3v) is 18.6. The number of hydrogen-bond acceptors (Lipinski definition) is 15. The van der Waals surface area contributed by atoms with Crippen molar-refractivity contribution in [1.29, 1.82) is 0 Å². The van der Waals surface area contributed by atoms with E-state index in [2.05, 4.69) is 41.5 Å². The summed E-state index contributed by atoms with van der Waals surface area (Å²) in [6.07, 6.45) is 45.7. The second-order valence-electron chi connectivity index (χ2n) is 25.4. The Labute approximate surface area is 537 Å². The molecule has 0 saturated heterocycles. The summed E-state index contributed by atoms with van der Waals surface area (Å²) >= 11 is 0. The summed E-state index contributed by atoms with van der Waals surface area (Å²) in [7, 11) is -9.90. The second-order valence-corrected chi connectivity index (χ2v) is 28.3. The maximum absolute atomic E-state index is 13.0. The number of phosphoric ester groups is 2. The number of rotatable bonds is 68. The first kappa shape index (κ1) is 86.1. The highest BCUT2D eigenvalue weighted by atomic mass is 31.2. The van der Waals surface area contributed by atoms with E-state index in [4.69, 9.17) is 37.0 Å². The van der Waals surface area contributed by atoms with Gasteiger partial charge >= 0.3 is 39.5 Å². The zero-order valence-electron chi connectivity index (χ0n) is 57.0. The summed E-state index contributed by atoms with van der Waals surface area (Å²) < 4.78 is 68.2. The fraction of sp³-hybridized carbons (Fsp3) is 0.942. The Bertz CT molecular complexity index is 1720. The van der Waals surface area contributed by atoms with E-state index in [9.17, 15) is 43.2 Å². The molecule has 522 valence electrons. The van der Waals surface area contributed by atoms with Crippen LogP contribution in [0.1, 0.15) is 350 Å². The van der Waals surface area contributed by atoms with Gasteiger partial charge in [-0.05, 0) is 37.5 Å². The minimum Gasteiger partial charge on any atom is -0.462 e. The predicted octanol–water partition coefficient (Wildman–Crippen LogP) is 19.6.